The van der Waals surface area contributed by atoms with Gasteiger partial charge in [-0.3, -0.25) is 8.98 Å². The van der Waals surface area contributed by atoms with Crippen LogP contribution in [0.4, 0.5) is 0 Å². The van der Waals surface area contributed by atoms with Gasteiger partial charge in [-0.25, -0.2) is 0 Å². The number of piperidine rings is 1. The third kappa shape index (κ3) is 7.89. The summed E-state index contributed by atoms with van der Waals surface area (Å²) in [6.07, 6.45) is 0.744. The Kier molecular flexibility index (Phi) is 9.40. The largest absolute Gasteiger partial charge is 0.487 e. The minimum atomic E-state index is -4.04. The van der Waals surface area contributed by atoms with Crippen molar-refractivity contribution in [1.82, 2.24) is 4.90 Å². The summed E-state index contributed by atoms with van der Waals surface area (Å²) in [5, 5.41) is 11.1. The highest BCUT2D eigenvalue weighted by atomic mass is 32.2. The summed E-state index contributed by atoms with van der Waals surface area (Å²) in [5.74, 6) is 0.0858. The fourth-order valence-corrected chi connectivity index (χ4v) is 5.69. The molecule has 208 valence electrons. The molecule has 1 heterocycles. The molecule has 0 aromatic heterocycles. The smallest absolute Gasteiger partial charge is 0.308 e. The van der Waals surface area contributed by atoms with Crippen molar-refractivity contribution >= 4 is 16.1 Å². The number of hydrogen-bond donors (Lipinski definition) is 1. The van der Waals surface area contributed by atoms with Gasteiger partial charge in [-0.15, -0.1) is 0 Å². The van der Waals surface area contributed by atoms with Crippen molar-refractivity contribution in [2.45, 2.75) is 49.7 Å². The van der Waals surface area contributed by atoms with Crippen LogP contribution in [0, 0.1) is 6.92 Å². The molecule has 4 rings (SSSR count). The third-order valence-electron chi connectivity index (χ3n) is 6.86. The molecule has 3 aromatic carbocycles. The number of esters is 1. The van der Waals surface area contributed by atoms with E-state index in [0.29, 0.717) is 44.6 Å². The molecule has 39 heavy (non-hydrogen) atoms. The minimum Gasteiger partial charge on any atom is -0.487 e. The van der Waals surface area contributed by atoms with E-state index < -0.39 is 27.8 Å². The van der Waals surface area contributed by atoms with Crippen LogP contribution in [0.1, 0.15) is 37.3 Å². The number of aryl methyl sites for hydroxylation is 1. The summed E-state index contributed by atoms with van der Waals surface area (Å²) in [5.41, 5.74) is 0.984. The lowest BCUT2D eigenvalue weighted by atomic mass is 9.84. The second-order valence-corrected chi connectivity index (χ2v) is 11.4. The standard InChI is InChI=1S/C30H35NO7S/c1-23-12-14-27(15-13-23)39(34,35)38-26(22-36-28-10-6-7-11-29(28)37-24(2)32)16-19-31-20-17-30(33,18-21-31)25-8-4-3-5-9-25/h3-15,26,33H,16-22H2,1-2H3. The van der Waals surface area contributed by atoms with E-state index >= 15 is 0 Å². The fourth-order valence-electron chi connectivity index (χ4n) is 4.60. The van der Waals surface area contributed by atoms with Crippen molar-refractivity contribution in [3.63, 3.8) is 0 Å². The van der Waals surface area contributed by atoms with E-state index in [2.05, 4.69) is 4.90 Å². The molecule has 0 amide bonds. The molecule has 1 fully saturated rings. The van der Waals surface area contributed by atoms with Crippen LogP contribution in [0.25, 0.3) is 0 Å². The van der Waals surface area contributed by atoms with Crippen molar-refractivity contribution < 1.29 is 32.0 Å². The number of likely N-dealkylation sites (tertiary alicyclic amines) is 1. The molecule has 1 saturated heterocycles. The molecular weight excluding hydrogens is 518 g/mol. The van der Waals surface area contributed by atoms with Crippen molar-refractivity contribution in [1.29, 1.82) is 0 Å². The second-order valence-electron chi connectivity index (χ2n) is 9.86. The summed E-state index contributed by atoms with van der Waals surface area (Å²) >= 11 is 0. The fraction of sp³-hybridized carbons (Fsp3) is 0.367. The van der Waals surface area contributed by atoms with E-state index in [9.17, 15) is 18.3 Å². The topological polar surface area (TPSA) is 102 Å². The number of carbonyl (C=O) groups is 1. The number of nitrogens with zero attached hydrogens (tertiary/aromatic N) is 1. The molecule has 0 aliphatic carbocycles. The Morgan fingerprint density at radius 2 is 1.56 bits per heavy atom. The summed E-state index contributed by atoms with van der Waals surface area (Å²) in [7, 11) is -4.04. The predicted octanol–water partition coefficient (Wildman–Crippen LogP) is 4.45. The first-order valence-electron chi connectivity index (χ1n) is 13.1. The number of aliphatic hydroxyl groups is 1. The van der Waals surface area contributed by atoms with Gasteiger partial charge in [0.15, 0.2) is 11.5 Å². The molecule has 1 aliphatic rings. The van der Waals surface area contributed by atoms with Gasteiger partial charge in [-0.1, -0.05) is 60.2 Å². The predicted molar refractivity (Wildman–Crippen MR) is 147 cm³/mol. The number of ether oxygens (including phenoxy) is 2. The zero-order valence-electron chi connectivity index (χ0n) is 22.3. The Hall–Kier alpha value is -3.24. The monoisotopic (exact) mass is 553 g/mol. The van der Waals surface area contributed by atoms with Gasteiger partial charge in [0, 0.05) is 26.6 Å². The van der Waals surface area contributed by atoms with Gasteiger partial charge in [0.25, 0.3) is 10.1 Å². The highest BCUT2D eigenvalue weighted by Gasteiger charge is 2.34. The SMILES string of the molecule is CC(=O)Oc1ccccc1OCC(CCN1CCC(O)(c2ccccc2)CC1)OS(=O)(=O)c1ccc(C)cc1. The van der Waals surface area contributed by atoms with Crippen molar-refractivity contribution in [2.75, 3.05) is 26.2 Å². The van der Waals surface area contributed by atoms with Crippen LogP contribution in [-0.4, -0.2) is 56.7 Å². The Morgan fingerprint density at radius 1 is 0.949 bits per heavy atom. The van der Waals surface area contributed by atoms with E-state index in [1.165, 1.54) is 19.1 Å². The molecule has 0 radical (unpaired) electrons. The number of para-hydroxylation sites is 2. The number of hydrogen-bond acceptors (Lipinski definition) is 8. The van der Waals surface area contributed by atoms with Crippen molar-refractivity contribution in [3.05, 3.63) is 90.0 Å². The van der Waals surface area contributed by atoms with Crippen LogP contribution in [0.15, 0.2) is 83.8 Å². The van der Waals surface area contributed by atoms with Crippen LogP contribution >= 0.6 is 0 Å². The number of benzene rings is 3. The van der Waals surface area contributed by atoms with Crippen molar-refractivity contribution in [2.24, 2.45) is 0 Å². The van der Waals surface area contributed by atoms with Crippen LogP contribution in [-0.2, 0) is 24.7 Å². The molecular formula is C30H35NO7S. The highest BCUT2D eigenvalue weighted by molar-refractivity contribution is 7.86. The average molecular weight is 554 g/mol. The maximum atomic E-state index is 13.1. The first-order valence-corrected chi connectivity index (χ1v) is 14.5. The lowest BCUT2D eigenvalue weighted by Crippen LogP contribution is -2.43. The van der Waals surface area contributed by atoms with Gasteiger partial charge in [0.05, 0.1) is 10.5 Å². The Morgan fingerprint density at radius 3 is 2.21 bits per heavy atom. The maximum Gasteiger partial charge on any atom is 0.308 e. The van der Waals surface area contributed by atoms with Crippen LogP contribution in [0.3, 0.4) is 0 Å². The molecule has 1 N–H and O–H groups in total. The summed E-state index contributed by atoms with van der Waals surface area (Å²) < 4.78 is 42.9. The molecule has 0 saturated carbocycles. The first kappa shape index (κ1) is 28.8. The van der Waals surface area contributed by atoms with Crippen LogP contribution in [0.2, 0.25) is 0 Å². The van der Waals surface area contributed by atoms with Crippen LogP contribution in [0.5, 0.6) is 11.5 Å². The summed E-state index contributed by atoms with van der Waals surface area (Å²) in [6, 6.07) is 22.9. The third-order valence-corrected chi connectivity index (χ3v) is 8.24. The zero-order chi connectivity index (χ0) is 27.9. The molecule has 8 nitrogen and oxygen atoms in total. The highest BCUT2D eigenvalue weighted by Crippen LogP contribution is 2.33. The normalized spacial score (nSPS) is 16.4. The van der Waals surface area contributed by atoms with E-state index in [0.717, 1.165) is 11.1 Å². The molecule has 3 aromatic rings. The van der Waals surface area contributed by atoms with Gasteiger partial charge < -0.3 is 19.5 Å². The first-order chi connectivity index (χ1) is 18.6. The van der Waals surface area contributed by atoms with Crippen molar-refractivity contribution in [3.8, 4) is 11.5 Å². The Balaban J connectivity index is 1.43. The molecule has 1 unspecified atom stereocenters. The lowest BCUT2D eigenvalue weighted by molar-refractivity contribution is -0.132. The molecule has 1 aliphatic heterocycles. The lowest BCUT2D eigenvalue weighted by Gasteiger charge is -2.39. The average Bonchev–Trinajstić information content (AvgIpc) is 2.92. The Bertz CT molecular complexity index is 1340. The van der Waals surface area contributed by atoms with E-state index in [-0.39, 0.29) is 17.3 Å². The van der Waals surface area contributed by atoms with Gasteiger partial charge in [0.2, 0.25) is 0 Å². The van der Waals surface area contributed by atoms with E-state index in [1.807, 2.05) is 37.3 Å². The number of carbonyl (C=O) groups excluding carboxylic acids is 1. The quantitative estimate of drug-likeness (QED) is 0.211. The Labute approximate surface area is 230 Å². The molecule has 0 spiro atoms. The van der Waals surface area contributed by atoms with Crippen LogP contribution < -0.4 is 9.47 Å². The van der Waals surface area contributed by atoms with E-state index in [1.54, 1.807) is 36.4 Å². The summed E-state index contributed by atoms with van der Waals surface area (Å²) in [4.78, 5) is 13.7. The second kappa shape index (κ2) is 12.7. The minimum absolute atomic E-state index is 0.0643. The van der Waals surface area contributed by atoms with Gasteiger partial charge in [-0.2, -0.15) is 8.42 Å². The van der Waals surface area contributed by atoms with Gasteiger partial charge in [-0.05, 0) is 56.0 Å². The summed E-state index contributed by atoms with van der Waals surface area (Å²) in [6.45, 7) is 5.01. The van der Waals surface area contributed by atoms with Gasteiger partial charge in [0.1, 0.15) is 12.7 Å². The molecule has 0 bridgehead atoms. The van der Waals surface area contributed by atoms with E-state index in [4.69, 9.17) is 13.7 Å². The molecule has 9 heteroatoms. The maximum absolute atomic E-state index is 13.1. The molecule has 1 atom stereocenters. The number of rotatable bonds is 11. The van der Waals surface area contributed by atoms with Gasteiger partial charge >= 0.3 is 5.97 Å². The zero-order valence-corrected chi connectivity index (χ0v) is 23.1.